The number of nitrogens with zero attached hydrogens (tertiary/aromatic N) is 1. The lowest BCUT2D eigenvalue weighted by atomic mass is 10.1. The third-order valence-corrected chi connectivity index (χ3v) is 4.90. The quantitative estimate of drug-likeness (QED) is 0.529. The van der Waals surface area contributed by atoms with Gasteiger partial charge >= 0.3 is 5.69 Å². The Balaban J connectivity index is 1.61. The molecule has 29 heavy (non-hydrogen) atoms. The van der Waals surface area contributed by atoms with Gasteiger partial charge < -0.3 is 14.7 Å². The molecule has 0 aliphatic rings. The Labute approximate surface area is 169 Å². The molecule has 0 aliphatic heterocycles. The smallest absolute Gasteiger partial charge is 0.329 e. The SMILES string of the molecule is O=C(NCc1ccccc1Cl)c1ccc2c(=O)n(Cc3ccco3)c(=O)[nH]c2c1. The molecule has 8 heteroatoms. The molecule has 2 aromatic heterocycles. The number of hydrogen-bond acceptors (Lipinski definition) is 4. The van der Waals surface area contributed by atoms with Crippen LogP contribution in [0, 0.1) is 0 Å². The van der Waals surface area contributed by atoms with E-state index in [1.165, 1.54) is 18.4 Å². The summed E-state index contributed by atoms with van der Waals surface area (Å²) in [6, 6.07) is 15.1. The van der Waals surface area contributed by atoms with Crippen molar-refractivity contribution in [1.29, 1.82) is 0 Å². The Morgan fingerprint density at radius 3 is 2.69 bits per heavy atom. The zero-order valence-corrected chi connectivity index (χ0v) is 15.9. The van der Waals surface area contributed by atoms with Crippen LogP contribution in [0.15, 0.2) is 74.9 Å². The number of halogens is 1. The Bertz CT molecular complexity index is 1310. The topological polar surface area (TPSA) is 97.1 Å². The summed E-state index contributed by atoms with van der Waals surface area (Å²) in [5, 5.41) is 3.65. The molecule has 0 saturated heterocycles. The number of furan rings is 1. The van der Waals surface area contributed by atoms with Gasteiger partial charge in [-0.1, -0.05) is 29.8 Å². The van der Waals surface area contributed by atoms with Gasteiger partial charge in [-0.3, -0.25) is 14.2 Å². The number of H-pyrrole nitrogens is 1. The fourth-order valence-electron chi connectivity index (χ4n) is 3.02. The second kappa shape index (κ2) is 7.81. The first-order valence-corrected chi connectivity index (χ1v) is 9.21. The molecule has 7 nitrogen and oxygen atoms in total. The predicted octanol–water partition coefficient (Wildman–Crippen LogP) is 2.91. The molecule has 4 aromatic rings. The van der Waals surface area contributed by atoms with Crippen LogP contribution in [0.25, 0.3) is 10.9 Å². The van der Waals surface area contributed by atoms with E-state index in [0.29, 0.717) is 27.2 Å². The first-order chi connectivity index (χ1) is 14.0. The summed E-state index contributed by atoms with van der Waals surface area (Å²) < 4.78 is 6.26. The number of rotatable bonds is 5. The standard InChI is InChI=1S/C21H16ClN3O4/c22-17-6-2-1-4-14(17)11-23-19(26)13-7-8-16-18(10-13)24-21(28)25(20(16)27)12-15-5-3-9-29-15/h1-10H,11-12H2,(H,23,26)(H,24,28). The molecule has 2 N–H and O–H groups in total. The van der Waals surface area contributed by atoms with E-state index >= 15 is 0 Å². The summed E-state index contributed by atoms with van der Waals surface area (Å²) in [6.07, 6.45) is 1.48. The van der Waals surface area contributed by atoms with Gasteiger partial charge in [-0.05, 0) is 42.0 Å². The second-order valence-corrected chi connectivity index (χ2v) is 6.84. The fraction of sp³-hybridized carbons (Fsp3) is 0.0952. The minimum Gasteiger partial charge on any atom is -0.467 e. The number of benzene rings is 2. The van der Waals surface area contributed by atoms with Crippen molar-refractivity contribution in [1.82, 2.24) is 14.9 Å². The van der Waals surface area contributed by atoms with Gasteiger partial charge in [0, 0.05) is 17.1 Å². The van der Waals surface area contributed by atoms with Gasteiger partial charge in [-0.25, -0.2) is 4.79 Å². The van der Waals surface area contributed by atoms with E-state index in [1.54, 1.807) is 24.3 Å². The van der Waals surface area contributed by atoms with Crippen LogP contribution in [-0.4, -0.2) is 15.5 Å². The van der Waals surface area contributed by atoms with E-state index in [-0.39, 0.29) is 19.0 Å². The summed E-state index contributed by atoms with van der Waals surface area (Å²) in [5.74, 6) is 0.153. The van der Waals surface area contributed by atoms with E-state index in [4.69, 9.17) is 16.0 Å². The van der Waals surface area contributed by atoms with Crippen molar-refractivity contribution in [2.75, 3.05) is 0 Å². The number of aromatic nitrogens is 2. The largest absolute Gasteiger partial charge is 0.467 e. The van der Waals surface area contributed by atoms with Gasteiger partial charge in [0.25, 0.3) is 11.5 Å². The monoisotopic (exact) mass is 409 g/mol. The zero-order chi connectivity index (χ0) is 20.4. The molecule has 2 heterocycles. The van der Waals surface area contributed by atoms with Gasteiger partial charge in [-0.15, -0.1) is 0 Å². The summed E-state index contributed by atoms with van der Waals surface area (Å²) >= 11 is 6.10. The van der Waals surface area contributed by atoms with Gasteiger partial charge in [0.15, 0.2) is 0 Å². The van der Waals surface area contributed by atoms with Crippen LogP contribution >= 0.6 is 11.6 Å². The van der Waals surface area contributed by atoms with Crippen LogP contribution in [0.3, 0.4) is 0 Å². The van der Waals surface area contributed by atoms with Gasteiger partial charge in [0.1, 0.15) is 5.76 Å². The highest BCUT2D eigenvalue weighted by molar-refractivity contribution is 6.31. The molecule has 0 aliphatic carbocycles. The zero-order valence-electron chi connectivity index (χ0n) is 15.1. The number of nitrogens with one attached hydrogen (secondary N) is 2. The van der Waals surface area contributed by atoms with Crippen LogP contribution in [0.1, 0.15) is 21.7 Å². The van der Waals surface area contributed by atoms with Crippen LogP contribution < -0.4 is 16.6 Å². The van der Waals surface area contributed by atoms with Gasteiger partial charge in [0.05, 0.1) is 23.7 Å². The minimum absolute atomic E-state index is 0.0250. The van der Waals surface area contributed by atoms with Crippen molar-refractivity contribution in [3.8, 4) is 0 Å². The Morgan fingerprint density at radius 1 is 1.10 bits per heavy atom. The minimum atomic E-state index is -0.576. The second-order valence-electron chi connectivity index (χ2n) is 6.44. The highest BCUT2D eigenvalue weighted by Crippen LogP contribution is 2.15. The summed E-state index contributed by atoms with van der Waals surface area (Å²) in [4.78, 5) is 40.2. The molecule has 4 rings (SSSR count). The molecular formula is C21H16ClN3O4. The number of amides is 1. The third-order valence-electron chi connectivity index (χ3n) is 4.54. The molecular weight excluding hydrogens is 394 g/mol. The highest BCUT2D eigenvalue weighted by Gasteiger charge is 2.13. The Hall–Kier alpha value is -3.58. The average molecular weight is 410 g/mol. The molecule has 146 valence electrons. The van der Waals surface area contributed by atoms with E-state index < -0.39 is 11.2 Å². The molecule has 0 atom stereocenters. The maximum atomic E-state index is 12.7. The first-order valence-electron chi connectivity index (χ1n) is 8.84. The average Bonchev–Trinajstić information content (AvgIpc) is 3.23. The van der Waals surface area contributed by atoms with Crippen molar-refractivity contribution in [3.05, 3.63) is 104 Å². The number of fused-ring (bicyclic) bond motifs is 1. The van der Waals surface area contributed by atoms with E-state index in [1.807, 2.05) is 18.2 Å². The van der Waals surface area contributed by atoms with Crippen LogP contribution in [-0.2, 0) is 13.1 Å². The number of carbonyl (C=O) groups excluding carboxylic acids is 1. The molecule has 1 amide bonds. The maximum Gasteiger partial charge on any atom is 0.329 e. The van der Waals surface area contributed by atoms with Crippen molar-refractivity contribution >= 4 is 28.4 Å². The van der Waals surface area contributed by atoms with E-state index in [9.17, 15) is 14.4 Å². The molecule has 0 bridgehead atoms. The lowest BCUT2D eigenvalue weighted by Gasteiger charge is -2.09. The molecule has 0 unspecified atom stereocenters. The predicted molar refractivity (Wildman–Crippen MR) is 109 cm³/mol. The lowest BCUT2D eigenvalue weighted by molar-refractivity contribution is 0.0951. The molecule has 0 saturated carbocycles. The summed E-state index contributed by atoms with van der Waals surface area (Å²) in [7, 11) is 0. The number of hydrogen-bond donors (Lipinski definition) is 2. The van der Waals surface area contributed by atoms with Crippen LogP contribution in [0.2, 0.25) is 5.02 Å². The molecule has 0 fully saturated rings. The Morgan fingerprint density at radius 2 is 1.93 bits per heavy atom. The van der Waals surface area contributed by atoms with Gasteiger partial charge in [-0.2, -0.15) is 0 Å². The Kier molecular flexibility index (Phi) is 5.05. The lowest BCUT2D eigenvalue weighted by Crippen LogP contribution is -2.35. The maximum absolute atomic E-state index is 12.7. The van der Waals surface area contributed by atoms with Gasteiger partial charge in [0.2, 0.25) is 0 Å². The van der Waals surface area contributed by atoms with E-state index in [2.05, 4.69) is 10.3 Å². The van der Waals surface area contributed by atoms with Crippen LogP contribution in [0.5, 0.6) is 0 Å². The van der Waals surface area contributed by atoms with Crippen LogP contribution in [0.4, 0.5) is 0 Å². The highest BCUT2D eigenvalue weighted by atomic mass is 35.5. The van der Waals surface area contributed by atoms with E-state index in [0.717, 1.165) is 10.1 Å². The molecule has 0 spiro atoms. The van der Waals surface area contributed by atoms with Crippen molar-refractivity contribution < 1.29 is 9.21 Å². The third kappa shape index (κ3) is 3.86. The van der Waals surface area contributed by atoms with Crippen molar-refractivity contribution in [2.24, 2.45) is 0 Å². The normalized spacial score (nSPS) is 10.9. The van der Waals surface area contributed by atoms with Crippen molar-refractivity contribution in [2.45, 2.75) is 13.1 Å². The fourth-order valence-corrected chi connectivity index (χ4v) is 3.22. The number of carbonyl (C=O) groups is 1. The molecule has 2 aromatic carbocycles. The summed E-state index contributed by atoms with van der Waals surface area (Å²) in [6.45, 7) is 0.287. The summed E-state index contributed by atoms with van der Waals surface area (Å²) in [5.41, 5.74) is 0.373. The molecule has 0 radical (unpaired) electrons. The first kappa shape index (κ1) is 18.8. The van der Waals surface area contributed by atoms with Crippen molar-refractivity contribution in [3.63, 3.8) is 0 Å². The number of aromatic amines is 1.